The van der Waals surface area contributed by atoms with E-state index in [1.165, 1.54) is 46.0 Å². The summed E-state index contributed by atoms with van der Waals surface area (Å²) < 4.78 is 68.4. The number of amides is 1. The third-order valence-corrected chi connectivity index (χ3v) is 6.81. The molecule has 2 aromatic heterocycles. The van der Waals surface area contributed by atoms with Gasteiger partial charge in [-0.3, -0.25) is 4.79 Å². The van der Waals surface area contributed by atoms with Crippen LogP contribution in [0.5, 0.6) is 0 Å². The van der Waals surface area contributed by atoms with E-state index >= 15 is 0 Å². The molecule has 7 nitrogen and oxygen atoms in total. The molecule has 35 heavy (non-hydrogen) atoms. The fourth-order valence-electron chi connectivity index (χ4n) is 3.16. The fourth-order valence-corrected chi connectivity index (χ4v) is 4.54. The second-order valence-electron chi connectivity index (χ2n) is 7.36. The maximum absolute atomic E-state index is 13.4. The number of rotatable bonds is 8. The van der Waals surface area contributed by atoms with Gasteiger partial charge in [0.2, 0.25) is 0 Å². The van der Waals surface area contributed by atoms with Crippen LogP contribution in [0, 0.1) is 11.3 Å². The molecule has 0 bridgehead atoms. The Labute approximate surface area is 206 Å². The molecule has 0 fully saturated rings. The molecule has 0 aliphatic carbocycles. The first kappa shape index (κ1) is 26.7. The molecule has 3 aromatic rings. The van der Waals surface area contributed by atoms with Gasteiger partial charge in [0.1, 0.15) is 17.3 Å². The lowest BCUT2D eigenvalue weighted by Crippen LogP contribution is -2.37. The zero-order chi connectivity index (χ0) is 26.1. The van der Waals surface area contributed by atoms with Crippen molar-refractivity contribution in [3.63, 3.8) is 0 Å². The molecule has 0 saturated carbocycles. The Morgan fingerprint density at radius 1 is 1.23 bits per heavy atom. The second-order valence-corrected chi connectivity index (χ2v) is 11.2. The third kappa shape index (κ3) is 6.22. The zero-order valence-electron chi connectivity index (χ0n) is 18.2. The number of carbonyl (C=O) groups excluding carboxylic acids is 1. The van der Waals surface area contributed by atoms with Crippen molar-refractivity contribution in [1.29, 1.82) is 5.26 Å². The highest BCUT2D eigenvalue weighted by Gasteiger charge is 2.65. The molecule has 3 rings (SSSR count). The molecule has 1 unspecified atom stereocenters. The Kier molecular flexibility index (Phi) is 6.84. The van der Waals surface area contributed by atoms with Crippen LogP contribution < -0.4 is 0 Å². The first-order valence-electron chi connectivity index (χ1n) is 9.75. The van der Waals surface area contributed by atoms with Crippen molar-refractivity contribution in [2.75, 3.05) is 18.6 Å². The highest BCUT2D eigenvalue weighted by Crippen LogP contribution is 3.02. The average molecular weight is 553 g/mol. The van der Waals surface area contributed by atoms with Crippen molar-refractivity contribution in [3.05, 3.63) is 64.8 Å². The maximum Gasteiger partial charge on any atom is 0.310 e. The molecular formula is C20H18ClF5N6OS2. The average Bonchev–Trinajstić information content (AvgIpc) is 3.27. The van der Waals surface area contributed by atoms with Gasteiger partial charge in [0.25, 0.3) is 5.91 Å². The summed E-state index contributed by atoms with van der Waals surface area (Å²) in [5, 5.41) is 12.4. The SMILES string of the molecule is CSCCN(C(=O)c1cc(Cl)cc(S(F)(F)(F)(F)F)c1)C(C)c1ncnn1-c1ccc(C#N)cn1. The monoisotopic (exact) mass is 552 g/mol. The Morgan fingerprint density at radius 2 is 1.94 bits per heavy atom. The van der Waals surface area contributed by atoms with Crippen molar-refractivity contribution in [2.45, 2.75) is 17.9 Å². The van der Waals surface area contributed by atoms with Gasteiger partial charge in [0.15, 0.2) is 11.6 Å². The van der Waals surface area contributed by atoms with E-state index in [1.54, 1.807) is 13.2 Å². The third-order valence-electron chi connectivity index (χ3n) is 4.87. The van der Waals surface area contributed by atoms with Crippen molar-refractivity contribution in [2.24, 2.45) is 0 Å². The number of carbonyl (C=O) groups is 1. The fraction of sp³-hybridized carbons (Fsp3) is 0.250. The lowest BCUT2D eigenvalue weighted by atomic mass is 10.1. The Bertz CT molecular complexity index is 1300. The van der Waals surface area contributed by atoms with Crippen LogP contribution in [0.2, 0.25) is 5.02 Å². The van der Waals surface area contributed by atoms with E-state index in [9.17, 15) is 24.2 Å². The number of benzene rings is 1. The van der Waals surface area contributed by atoms with E-state index in [1.807, 2.05) is 6.07 Å². The van der Waals surface area contributed by atoms with Crippen molar-refractivity contribution < 1.29 is 24.2 Å². The second kappa shape index (κ2) is 8.96. The van der Waals surface area contributed by atoms with Crippen LogP contribution >= 0.6 is 33.6 Å². The van der Waals surface area contributed by atoms with Gasteiger partial charge in [0.05, 0.1) is 11.6 Å². The van der Waals surface area contributed by atoms with Crippen molar-refractivity contribution in [3.8, 4) is 11.9 Å². The van der Waals surface area contributed by atoms with Gasteiger partial charge in [0, 0.05) is 29.1 Å². The molecule has 0 radical (unpaired) electrons. The standard InChI is InChI=1S/C20H18ClF5N6OS2/c1-13(19-29-12-30-32(19)18-4-3-14(10-27)11-28-18)31(5-6-34-2)20(33)15-7-16(21)9-17(8-15)35(22,23,24,25)26/h3-4,7-9,11-13H,5-6H2,1-2H3. The molecule has 1 atom stereocenters. The molecule has 15 heteroatoms. The highest BCUT2D eigenvalue weighted by molar-refractivity contribution is 8.45. The van der Waals surface area contributed by atoms with E-state index < -0.39 is 37.7 Å². The lowest BCUT2D eigenvalue weighted by molar-refractivity contribution is 0.0695. The zero-order valence-corrected chi connectivity index (χ0v) is 20.6. The predicted molar refractivity (Wildman–Crippen MR) is 125 cm³/mol. The summed E-state index contributed by atoms with van der Waals surface area (Å²) in [6.45, 7) is 1.63. The molecular weight excluding hydrogens is 535 g/mol. The van der Waals surface area contributed by atoms with Crippen LogP contribution in [0.1, 0.15) is 34.7 Å². The van der Waals surface area contributed by atoms with E-state index in [0.717, 1.165) is 6.07 Å². The minimum atomic E-state index is -10.1. The summed E-state index contributed by atoms with van der Waals surface area (Å²) >= 11 is 7.07. The number of nitrogens with zero attached hydrogens (tertiary/aromatic N) is 6. The van der Waals surface area contributed by atoms with E-state index in [-0.39, 0.29) is 30.3 Å². The first-order chi connectivity index (χ1) is 16.1. The maximum atomic E-state index is 13.4. The largest absolute Gasteiger partial charge is 0.328 e. The van der Waals surface area contributed by atoms with Gasteiger partial charge < -0.3 is 4.90 Å². The minimum Gasteiger partial charge on any atom is -0.328 e. The Hall–Kier alpha value is -2.89. The van der Waals surface area contributed by atoms with Crippen molar-refractivity contribution >= 4 is 39.5 Å². The van der Waals surface area contributed by atoms with Crippen LogP contribution in [0.15, 0.2) is 47.8 Å². The number of hydrogen-bond acceptors (Lipinski definition) is 6. The van der Waals surface area contributed by atoms with Gasteiger partial charge in [-0.15, -0.1) is 0 Å². The van der Waals surface area contributed by atoms with Gasteiger partial charge in [-0.1, -0.05) is 31.0 Å². The smallest absolute Gasteiger partial charge is 0.310 e. The van der Waals surface area contributed by atoms with Gasteiger partial charge in [-0.25, -0.2) is 9.97 Å². The topological polar surface area (TPSA) is 87.7 Å². The van der Waals surface area contributed by atoms with Crippen LogP contribution in [0.25, 0.3) is 5.82 Å². The summed E-state index contributed by atoms with van der Waals surface area (Å²) in [7, 11) is -10.1. The van der Waals surface area contributed by atoms with E-state index in [0.29, 0.717) is 11.3 Å². The van der Waals surface area contributed by atoms with Crippen LogP contribution in [-0.4, -0.2) is 49.1 Å². The van der Waals surface area contributed by atoms with Gasteiger partial charge in [-0.05, 0) is 43.5 Å². The summed E-state index contributed by atoms with van der Waals surface area (Å²) in [6.07, 6.45) is 4.28. The summed E-state index contributed by atoms with van der Waals surface area (Å²) in [5.41, 5.74) is -0.336. The number of pyridine rings is 1. The molecule has 1 aromatic carbocycles. The number of thioether (sulfide) groups is 1. The van der Waals surface area contributed by atoms with Gasteiger partial charge in [-0.2, -0.15) is 26.8 Å². The molecule has 1 amide bonds. The summed E-state index contributed by atoms with van der Waals surface area (Å²) in [6, 6.07) is 5.21. The number of aromatic nitrogens is 4. The summed E-state index contributed by atoms with van der Waals surface area (Å²) in [5.74, 6) is -0.0495. The van der Waals surface area contributed by atoms with Crippen LogP contribution in [0.3, 0.4) is 0 Å². The number of halogens is 6. The molecule has 188 valence electrons. The van der Waals surface area contributed by atoms with Gasteiger partial charge >= 0.3 is 10.2 Å². The molecule has 2 heterocycles. The quantitative estimate of drug-likeness (QED) is 0.300. The first-order valence-corrected chi connectivity index (χ1v) is 13.5. The number of hydrogen-bond donors (Lipinski definition) is 0. The Morgan fingerprint density at radius 3 is 2.51 bits per heavy atom. The molecule has 0 N–H and O–H groups in total. The molecule has 0 aliphatic heterocycles. The van der Waals surface area contributed by atoms with E-state index in [4.69, 9.17) is 16.9 Å². The molecule has 0 saturated heterocycles. The highest BCUT2D eigenvalue weighted by atomic mass is 35.5. The lowest BCUT2D eigenvalue weighted by Gasteiger charge is -2.40. The van der Waals surface area contributed by atoms with Crippen molar-refractivity contribution in [1.82, 2.24) is 24.6 Å². The summed E-state index contributed by atoms with van der Waals surface area (Å²) in [4.78, 5) is 20.6. The van der Waals surface area contributed by atoms with Crippen LogP contribution in [-0.2, 0) is 0 Å². The molecule has 0 aliphatic rings. The predicted octanol–water partition coefficient (Wildman–Crippen LogP) is 6.41. The minimum absolute atomic E-state index is 0.0626. The van der Waals surface area contributed by atoms with E-state index in [2.05, 4.69) is 15.1 Å². The number of nitriles is 1. The Balaban J connectivity index is 2.04. The van der Waals surface area contributed by atoms with Crippen LogP contribution in [0.4, 0.5) is 19.4 Å². The normalized spacial score (nSPS) is 14.5. The molecule has 0 spiro atoms.